The van der Waals surface area contributed by atoms with Gasteiger partial charge < -0.3 is 15.0 Å². The minimum atomic E-state index is -0.0562. The Morgan fingerprint density at radius 2 is 2.00 bits per heavy atom. The fourth-order valence-corrected chi connectivity index (χ4v) is 2.96. The number of rotatable bonds is 4. The molecule has 1 aliphatic heterocycles. The zero-order valence-electron chi connectivity index (χ0n) is 14.5. The third kappa shape index (κ3) is 4.93. The highest BCUT2D eigenvalue weighted by molar-refractivity contribution is 5.89. The van der Waals surface area contributed by atoms with Crippen LogP contribution in [0.3, 0.4) is 0 Å². The fraction of sp³-hybridized carbons (Fsp3) is 0.368. The number of nitrogens with one attached hydrogen (secondary N) is 1. The molecule has 25 heavy (non-hydrogen) atoms. The van der Waals surface area contributed by atoms with Crippen molar-refractivity contribution in [3.63, 3.8) is 0 Å². The molecule has 0 unspecified atom stereocenters. The number of aromatic nitrogens is 1. The lowest BCUT2D eigenvalue weighted by Gasteiger charge is -2.22. The van der Waals surface area contributed by atoms with E-state index in [9.17, 15) is 4.79 Å². The van der Waals surface area contributed by atoms with Crippen molar-refractivity contribution in [2.45, 2.75) is 13.0 Å². The number of hydrogen-bond acceptors (Lipinski definition) is 4. The number of amides is 2. The van der Waals surface area contributed by atoms with Crippen LogP contribution in [0, 0.1) is 0 Å². The van der Waals surface area contributed by atoms with Gasteiger partial charge in [0.05, 0.1) is 19.0 Å². The van der Waals surface area contributed by atoms with Crippen molar-refractivity contribution in [1.82, 2.24) is 14.8 Å². The van der Waals surface area contributed by atoms with Crippen molar-refractivity contribution < 1.29 is 9.53 Å². The van der Waals surface area contributed by atoms with Gasteiger partial charge in [0.1, 0.15) is 5.75 Å². The van der Waals surface area contributed by atoms with Crippen LogP contribution in [-0.4, -0.2) is 54.1 Å². The summed E-state index contributed by atoms with van der Waals surface area (Å²) in [5, 5.41) is 2.91. The molecule has 132 valence electrons. The van der Waals surface area contributed by atoms with E-state index in [1.54, 1.807) is 19.5 Å². The van der Waals surface area contributed by atoms with E-state index in [-0.39, 0.29) is 6.03 Å². The third-order valence-electron chi connectivity index (χ3n) is 4.35. The number of hydrogen-bond donors (Lipinski definition) is 1. The Hall–Kier alpha value is -2.60. The molecule has 6 heteroatoms. The van der Waals surface area contributed by atoms with Crippen molar-refractivity contribution >= 4 is 11.7 Å². The molecule has 1 aliphatic rings. The second-order valence-corrected chi connectivity index (χ2v) is 6.14. The van der Waals surface area contributed by atoms with Gasteiger partial charge in [0.2, 0.25) is 0 Å². The number of urea groups is 1. The van der Waals surface area contributed by atoms with Crippen LogP contribution < -0.4 is 10.1 Å². The zero-order chi connectivity index (χ0) is 17.5. The van der Waals surface area contributed by atoms with E-state index in [0.29, 0.717) is 0 Å². The summed E-state index contributed by atoms with van der Waals surface area (Å²) in [6.07, 6.45) is 4.32. The Balaban J connectivity index is 1.52. The first-order valence-electron chi connectivity index (χ1n) is 8.56. The average molecular weight is 340 g/mol. The molecule has 0 aliphatic carbocycles. The van der Waals surface area contributed by atoms with Gasteiger partial charge in [0, 0.05) is 38.9 Å². The van der Waals surface area contributed by atoms with E-state index < -0.39 is 0 Å². The molecule has 2 aromatic rings. The largest absolute Gasteiger partial charge is 0.497 e. The summed E-state index contributed by atoms with van der Waals surface area (Å²) >= 11 is 0. The van der Waals surface area contributed by atoms with E-state index >= 15 is 0 Å². The molecular weight excluding hydrogens is 316 g/mol. The van der Waals surface area contributed by atoms with Crippen LogP contribution >= 0.6 is 0 Å². The highest BCUT2D eigenvalue weighted by Gasteiger charge is 2.19. The van der Waals surface area contributed by atoms with Gasteiger partial charge >= 0.3 is 6.03 Å². The molecule has 0 radical (unpaired) electrons. The number of benzene rings is 1. The van der Waals surface area contributed by atoms with Gasteiger partial charge in [0.15, 0.2) is 0 Å². The lowest BCUT2D eigenvalue weighted by molar-refractivity contribution is 0.211. The molecule has 1 fully saturated rings. The third-order valence-corrected chi connectivity index (χ3v) is 4.35. The second kappa shape index (κ2) is 8.48. The number of methoxy groups -OCH3 is 1. The van der Waals surface area contributed by atoms with Gasteiger partial charge in [-0.2, -0.15) is 0 Å². The Labute approximate surface area is 148 Å². The maximum Gasteiger partial charge on any atom is 0.321 e. The van der Waals surface area contributed by atoms with Crippen LogP contribution in [0.25, 0.3) is 0 Å². The number of carbonyl (C=O) groups excluding carboxylic acids is 1. The average Bonchev–Trinajstić information content (AvgIpc) is 2.89. The molecule has 0 saturated carbocycles. The summed E-state index contributed by atoms with van der Waals surface area (Å²) in [5.74, 6) is 0.873. The first kappa shape index (κ1) is 17.2. The Kier molecular flexibility index (Phi) is 5.85. The van der Waals surface area contributed by atoms with E-state index in [0.717, 1.165) is 50.6 Å². The van der Waals surface area contributed by atoms with Crippen LogP contribution in [-0.2, 0) is 6.54 Å². The van der Waals surface area contributed by atoms with E-state index in [1.807, 2.05) is 29.2 Å². The van der Waals surface area contributed by atoms with Crippen LogP contribution in [0.5, 0.6) is 5.75 Å². The van der Waals surface area contributed by atoms with Gasteiger partial charge in [0.25, 0.3) is 0 Å². The lowest BCUT2D eigenvalue weighted by atomic mass is 10.2. The van der Waals surface area contributed by atoms with Crippen molar-refractivity contribution in [2.75, 3.05) is 38.6 Å². The summed E-state index contributed by atoms with van der Waals surface area (Å²) in [4.78, 5) is 20.7. The molecule has 3 rings (SSSR count). The molecule has 2 amide bonds. The van der Waals surface area contributed by atoms with Crippen molar-refractivity contribution in [1.29, 1.82) is 0 Å². The van der Waals surface area contributed by atoms with Crippen molar-refractivity contribution in [2.24, 2.45) is 0 Å². The van der Waals surface area contributed by atoms with E-state index in [4.69, 9.17) is 4.74 Å². The molecule has 1 N–H and O–H groups in total. The SMILES string of the molecule is COc1ccc(CN2CCCN(C(=O)Nc3cccnc3)CC2)cc1. The number of pyridine rings is 1. The lowest BCUT2D eigenvalue weighted by Crippen LogP contribution is -2.38. The predicted molar refractivity (Wildman–Crippen MR) is 97.7 cm³/mol. The van der Waals surface area contributed by atoms with Crippen LogP contribution in [0.4, 0.5) is 10.5 Å². The fourth-order valence-electron chi connectivity index (χ4n) is 2.96. The molecule has 6 nitrogen and oxygen atoms in total. The van der Waals surface area contributed by atoms with Crippen molar-refractivity contribution in [3.05, 3.63) is 54.4 Å². The Morgan fingerprint density at radius 3 is 2.72 bits per heavy atom. The Bertz CT molecular complexity index is 676. The molecule has 2 heterocycles. The zero-order valence-corrected chi connectivity index (χ0v) is 14.5. The maximum absolute atomic E-state index is 12.4. The first-order chi connectivity index (χ1) is 12.2. The molecule has 0 atom stereocenters. The van der Waals surface area contributed by atoms with E-state index in [2.05, 4.69) is 27.3 Å². The number of ether oxygens (including phenoxy) is 1. The summed E-state index contributed by atoms with van der Waals surface area (Å²) in [5.41, 5.74) is 1.99. The number of nitrogens with zero attached hydrogens (tertiary/aromatic N) is 3. The highest BCUT2D eigenvalue weighted by Crippen LogP contribution is 2.15. The Morgan fingerprint density at radius 1 is 1.16 bits per heavy atom. The van der Waals surface area contributed by atoms with Gasteiger partial charge in [-0.15, -0.1) is 0 Å². The molecular formula is C19H24N4O2. The van der Waals surface area contributed by atoms with Gasteiger partial charge in [-0.05, 0) is 36.2 Å². The predicted octanol–water partition coefficient (Wildman–Crippen LogP) is 2.83. The van der Waals surface area contributed by atoms with Crippen LogP contribution in [0.1, 0.15) is 12.0 Å². The highest BCUT2D eigenvalue weighted by atomic mass is 16.5. The topological polar surface area (TPSA) is 57.7 Å². The maximum atomic E-state index is 12.4. The minimum Gasteiger partial charge on any atom is -0.497 e. The number of carbonyl (C=O) groups is 1. The monoisotopic (exact) mass is 340 g/mol. The molecule has 1 aromatic carbocycles. The van der Waals surface area contributed by atoms with Crippen LogP contribution in [0.2, 0.25) is 0 Å². The molecule has 1 aromatic heterocycles. The van der Waals surface area contributed by atoms with Gasteiger partial charge in [-0.25, -0.2) is 4.79 Å². The second-order valence-electron chi connectivity index (χ2n) is 6.14. The standard InChI is InChI=1S/C19H24N4O2/c1-25-18-7-5-16(6-8-18)15-22-10-3-11-23(13-12-22)19(24)21-17-4-2-9-20-14-17/h2,4-9,14H,3,10-13,15H2,1H3,(H,21,24). The quantitative estimate of drug-likeness (QED) is 0.930. The normalized spacial score (nSPS) is 15.5. The molecule has 0 bridgehead atoms. The van der Waals surface area contributed by atoms with Crippen molar-refractivity contribution in [3.8, 4) is 5.75 Å². The molecule has 0 spiro atoms. The first-order valence-corrected chi connectivity index (χ1v) is 8.56. The van der Waals surface area contributed by atoms with E-state index in [1.165, 1.54) is 5.56 Å². The van der Waals surface area contributed by atoms with Gasteiger partial charge in [-0.3, -0.25) is 9.88 Å². The van der Waals surface area contributed by atoms with Gasteiger partial charge in [-0.1, -0.05) is 12.1 Å². The molecule has 1 saturated heterocycles. The summed E-state index contributed by atoms with van der Waals surface area (Å²) in [7, 11) is 1.68. The number of anilines is 1. The minimum absolute atomic E-state index is 0.0562. The summed E-state index contributed by atoms with van der Waals surface area (Å²) in [6.45, 7) is 4.24. The van der Waals surface area contributed by atoms with Crippen LogP contribution in [0.15, 0.2) is 48.8 Å². The summed E-state index contributed by atoms with van der Waals surface area (Å²) < 4.78 is 5.20. The smallest absolute Gasteiger partial charge is 0.321 e. The summed E-state index contributed by atoms with van der Waals surface area (Å²) in [6, 6.07) is 11.8.